The molecular formula is C14H20O10. The molecule has 0 aromatic carbocycles. The van der Waals surface area contributed by atoms with Crippen molar-refractivity contribution in [2.45, 2.75) is 58.4 Å². The van der Waals surface area contributed by atoms with Gasteiger partial charge in [-0.05, 0) is 0 Å². The van der Waals surface area contributed by atoms with Crippen LogP contribution in [0.2, 0.25) is 0 Å². The van der Waals surface area contributed by atoms with E-state index in [1.54, 1.807) is 0 Å². The van der Waals surface area contributed by atoms with E-state index in [0.29, 0.717) is 0 Å². The Morgan fingerprint density at radius 3 is 1.58 bits per heavy atom. The molecule has 0 spiro atoms. The molecule has 0 saturated carbocycles. The molecule has 0 amide bonds. The summed E-state index contributed by atoms with van der Waals surface area (Å²) in [6.45, 7) is 3.77. The second-order valence-corrected chi connectivity index (χ2v) is 5.06. The first-order valence-corrected chi connectivity index (χ1v) is 7.11. The number of hydrogen-bond acceptors (Lipinski definition) is 10. The number of carbonyl (C=O) groups is 4. The minimum atomic E-state index is -1.44. The van der Waals surface area contributed by atoms with Crippen LogP contribution in [0.15, 0.2) is 0 Å². The molecule has 1 heterocycles. The lowest BCUT2D eigenvalue weighted by molar-refractivity contribution is -0.299. The Bertz CT molecular complexity index is 502. The fraction of sp³-hybridized carbons (Fsp3) is 0.714. The van der Waals surface area contributed by atoms with Crippen LogP contribution in [0.5, 0.6) is 0 Å². The third-order valence-electron chi connectivity index (χ3n) is 2.96. The topological polar surface area (TPSA) is 135 Å². The summed E-state index contributed by atoms with van der Waals surface area (Å²) in [5.41, 5.74) is 0. The molecule has 10 nitrogen and oxygen atoms in total. The highest BCUT2D eigenvalue weighted by Gasteiger charge is 2.53. The number of rotatable bonds is 5. The predicted molar refractivity (Wildman–Crippen MR) is 74.2 cm³/mol. The minimum Gasteiger partial charge on any atom is -0.456 e. The first kappa shape index (κ1) is 19.8. The Balaban J connectivity index is 3.23. The van der Waals surface area contributed by atoms with Gasteiger partial charge in [-0.15, -0.1) is 0 Å². The number of ether oxygens (including phenoxy) is 5. The van der Waals surface area contributed by atoms with E-state index in [2.05, 4.69) is 0 Å². The summed E-state index contributed by atoms with van der Waals surface area (Å²) in [6, 6.07) is 0. The lowest BCUT2D eigenvalue weighted by Gasteiger charge is -2.43. The Morgan fingerprint density at radius 2 is 1.17 bits per heavy atom. The molecule has 1 aliphatic heterocycles. The van der Waals surface area contributed by atoms with Gasteiger partial charge in [0.1, 0.15) is 6.10 Å². The highest BCUT2D eigenvalue weighted by molar-refractivity contribution is 5.69. The van der Waals surface area contributed by atoms with E-state index in [0.717, 1.165) is 27.7 Å². The molecule has 0 bridgehead atoms. The summed E-state index contributed by atoms with van der Waals surface area (Å²) in [7, 11) is 0. The van der Waals surface area contributed by atoms with Crippen molar-refractivity contribution in [3.05, 3.63) is 0 Å². The number of aliphatic hydroxyl groups is 1. The zero-order valence-electron chi connectivity index (χ0n) is 13.7. The van der Waals surface area contributed by atoms with Crippen LogP contribution < -0.4 is 0 Å². The van der Waals surface area contributed by atoms with Crippen LogP contribution >= 0.6 is 0 Å². The highest BCUT2D eigenvalue weighted by Crippen LogP contribution is 2.29. The smallest absolute Gasteiger partial charge is 0.305 e. The van der Waals surface area contributed by atoms with Crippen molar-refractivity contribution in [3.8, 4) is 0 Å². The predicted octanol–water partition coefficient (Wildman–Crippen LogP) is -0.938. The van der Waals surface area contributed by atoms with Crippen molar-refractivity contribution in [1.29, 1.82) is 0 Å². The Hall–Kier alpha value is -2.20. The summed E-state index contributed by atoms with van der Waals surface area (Å²) in [5.74, 6) is -3.00. The maximum Gasteiger partial charge on any atom is 0.305 e. The second-order valence-electron chi connectivity index (χ2n) is 5.06. The van der Waals surface area contributed by atoms with Gasteiger partial charge < -0.3 is 28.8 Å². The largest absolute Gasteiger partial charge is 0.456 e. The van der Waals surface area contributed by atoms with Gasteiger partial charge in [-0.1, -0.05) is 0 Å². The fourth-order valence-corrected chi connectivity index (χ4v) is 2.26. The zero-order valence-corrected chi connectivity index (χ0v) is 13.7. The first-order chi connectivity index (χ1) is 11.1. The number of carbonyl (C=O) groups excluding carboxylic acids is 4. The molecule has 1 rings (SSSR count). The average molecular weight is 348 g/mol. The van der Waals surface area contributed by atoms with E-state index >= 15 is 0 Å². The van der Waals surface area contributed by atoms with Crippen molar-refractivity contribution in [2.75, 3.05) is 6.61 Å². The Morgan fingerprint density at radius 1 is 0.750 bits per heavy atom. The van der Waals surface area contributed by atoms with Crippen LogP contribution in [0, 0.1) is 0 Å². The molecule has 1 fully saturated rings. The van der Waals surface area contributed by atoms with Crippen LogP contribution in [0.3, 0.4) is 0 Å². The van der Waals surface area contributed by atoms with Gasteiger partial charge in [0.25, 0.3) is 0 Å². The molecule has 136 valence electrons. The number of esters is 4. The van der Waals surface area contributed by atoms with Gasteiger partial charge in [0, 0.05) is 27.7 Å². The van der Waals surface area contributed by atoms with E-state index in [9.17, 15) is 24.3 Å². The summed E-state index contributed by atoms with van der Waals surface area (Å²) in [4.78, 5) is 45.3. The second kappa shape index (κ2) is 8.60. The quantitative estimate of drug-likeness (QED) is 0.490. The average Bonchev–Trinajstić information content (AvgIpc) is 2.42. The van der Waals surface area contributed by atoms with E-state index < -0.39 is 61.2 Å². The van der Waals surface area contributed by atoms with Gasteiger partial charge in [-0.25, -0.2) is 0 Å². The standard InChI is InChI=1S/C14H20O10/c1-6(16)20-11-10(5-15)24-14(23-9(4)19)13(22-8(3)18)12(11)21-7(2)17/h10-15H,5H2,1-4H3/t10?,11?,12-,13?,14?/m0/s1. The van der Waals surface area contributed by atoms with Crippen LogP contribution in [0.25, 0.3) is 0 Å². The van der Waals surface area contributed by atoms with Crippen molar-refractivity contribution in [2.24, 2.45) is 0 Å². The van der Waals surface area contributed by atoms with Crippen molar-refractivity contribution in [1.82, 2.24) is 0 Å². The first-order valence-electron chi connectivity index (χ1n) is 7.11. The molecule has 5 atom stereocenters. The Kier molecular flexibility index (Phi) is 7.11. The SMILES string of the molecule is CC(=O)OC1OC(CO)C(OC(C)=O)[C@H](OC(C)=O)C1OC(C)=O. The Labute approximate surface area is 137 Å². The minimum absolute atomic E-state index is 0.625. The lowest BCUT2D eigenvalue weighted by Crippen LogP contribution is -2.62. The highest BCUT2D eigenvalue weighted by atomic mass is 16.7. The molecule has 10 heteroatoms. The van der Waals surface area contributed by atoms with Crippen LogP contribution in [0.1, 0.15) is 27.7 Å². The van der Waals surface area contributed by atoms with Crippen LogP contribution in [-0.2, 0) is 42.9 Å². The van der Waals surface area contributed by atoms with Gasteiger partial charge in [0.05, 0.1) is 6.61 Å². The molecule has 1 saturated heterocycles. The van der Waals surface area contributed by atoms with Gasteiger partial charge in [0.15, 0.2) is 12.2 Å². The fourth-order valence-electron chi connectivity index (χ4n) is 2.26. The molecule has 0 aromatic heterocycles. The summed E-state index contributed by atoms with van der Waals surface area (Å²) in [6.07, 6.45) is -6.56. The number of aliphatic hydroxyl groups excluding tert-OH is 1. The van der Waals surface area contributed by atoms with Gasteiger partial charge in [-0.3, -0.25) is 19.2 Å². The van der Waals surface area contributed by atoms with Crippen molar-refractivity contribution < 1.29 is 48.0 Å². The third kappa shape index (κ3) is 5.46. The molecule has 24 heavy (non-hydrogen) atoms. The van der Waals surface area contributed by atoms with Gasteiger partial charge >= 0.3 is 23.9 Å². The molecular weight excluding hydrogens is 328 g/mol. The molecule has 0 aromatic rings. The van der Waals surface area contributed by atoms with Crippen LogP contribution in [0.4, 0.5) is 0 Å². The normalized spacial score (nSPS) is 29.3. The lowest BCUT2D eigenvalue weighted by atomic mass is 9.98. The van der Waals surface area contributed by atoms with E-state index in [-0.39, 0.29) is 0 Å². The summed E-state index contributed by atoms with van der Waals surface area (Å²) >= 11 is 0. The van der Waals surface area contributed by atoms with E-state index in [1.807, 2.05) is 0 Å². The molecule has 1 N–H and O–H groups in total. The monoisotopic (exact) mass is 348 g/mol. The van der Waals surface area contributed by atoms with E-state index in [4.69, 9.17) is 23.7 Å². The van der Waals surface area contributed by atoms with Gasteiger partial charge in [0.2, 0.25) is 12.4 Å². The zero-order chi connectivity index (χ0) is 18.4. The summed E-state index contributed by atoms with van der Waals surface area (Å²) < 4.78 is 25.4. The maximum atomic E-state index is 11.4. The van der Waals surface area contributed by atoms with Crippen molar-refractivity contribution >= 4 is 23.9 Å². The van der Waals surface area contributed by atoms with Gasteiger partial charge in [-0.2, -0.15) is 0 Å². The molecule has 0 aliphatic carbocycles. The summed E-state index contributed by atoms with van der Waals surface area (Å²) in [5, 5.41) is 9.44. The van der Waals surface area contributed by atoms with E-state index in [1.165, 1.54) is 0 Å². The molecule has 4 unspecified atom stereocenters. The third-order valence-corrected chi connectivity index (χ3v) is 2.96. The number of hydrogen-bond donors (Lipinski definition) is 1. The van der Waals surface area contributed by atoms with Crippen molar-refractivity contribution in [3.63, 3.8) is 0 Å². The maximum absolute atomic E-state index is 11.4. The molecule has 1 aliphatic rings. The molecule has 0 radical (unpaired) electrons. The van der Waals surface area contributed by atoms with Crippen LogP contribution in [-0.4, -0.2) is 66.3 Å².